The summed E-state index contributed by atoms with van der Waals surface area (Å²) in [4.78, 5) is 13.4. The van der Waals surface area contributed by atoms with E-state index in [1.165, 1.54) is 11.1 Å². The van der Waals surface area contributed by atoms with E-state index in [1.54, 1.807) is 0 Å². The van der Waals surface area contributed by atoms with Crippen LogP contribution in [0.2, 0.25) is 0 Å². The molecule has 96 valence electrons. The number of rotatable bonds is 2. The molecule has 0 radical (unpaired) electrons. The Labute approximate surface area is 117 Å². The third-order valence-corrected chi connectivity index (χ3v) is 3.63. The van der Waals surface area contributed by atoms with Crippen LogP contribution in [-0.2, 0) is 17.6 Å². The third-order valence-electron chi connectivity index (χ3n) is 3.51. The minimum atomic E-state index is -0.341. The van der Waals surface area contributed by atoms with Crippen molar-refractivity contribution in [1.29, 1.82) is 0 Å². The van der Waals surface area contributed by atoms with E-state index in [-0.39, 0.29) is 11.8 Å². The molecule has 0 bridgehead atoms. The number of carbonyl (C=O) groups is 1. The Kier molecular flexibility index (Phi) is 3.26. The van der Waals surface area contributed by atoms with Crippen LogP contribution in [0.1, 0.15) is 11.1 Å². The number of anilines is 2. The van der Waals surface area contributed by atoms with Crippen molar-refractivity contribution in [3.05, 3.63) is 59.7 Å². The standard InChI is InChI=1S/C16H14ClNO/c17-16(19)11-18-14-7-3-1-5-12(14)9-10-13-6-2-4-8-15(13)18/h1-8H,9-11H2. The van der Waals surface area contributed by atoms with Crippen LogP contribution in [-0.4, -0.2) is 11.8 Å². The van der Waals surface area contributed by atoms with E-state index in [1.807, 2.05) is 29.2 Å². The number of halogens is 1. The fraction of sp³-hybridized carbons (Fsp3) is 0.188. The monoisotopic (exact) mass is 271 g/mol. The van der Waals surface area contributed by atoms with Gasteiger partial charge in [0.05, 0.1) is 6.54 Å². The van der Waals surface area contributed by atoms with E-state index in [2.05, 4.69) is 24.3 Å². The molecular weight excluding hydrogens is 258 g/mol. The molecule has 19 heavy (non-hydrogen) atoms. The van der Waals surface area contributed by atoms with Gasteiger partial charge in [0.15, 0.2) is 0 Å². The van der Waals surface area contributed by atoms with Crippen molar-refractivity contribution >= 4 is 28.2 Å². The van der Waals surface area contributed by atoms with Gasteiger partial charge in [0, 0.05) is 11.4 Å². The number of carbonyl (C=O) groups excluding carboxylic acids is 1. The van der Waals surface area contributed by atoms with Crippen molar-refractivity contribution < 1.29 is 4.79 Å². The summed E-state index contributed by atoms with van der Waals surface area (Å²) in [6.45, 7) is 0.204. The Morgan fingerprint density at radius 1 is 0.947 bits per heavy atom. The summed E-state index contributed by atoms with van der Waals surface area (Å²) in [5.74, 6) is 0. The van der Waals surface area contributed by atoms with Gasteiger partial charge < -0.3 is 4.90 Å². The van der Waals surface area contributed by atoms with Crippen molar-refractivity contribution in [2.24, 2.45) is 0 Å². The number of benzene rings is 2. The van der Waals surface area contributed by atoms with Crippen molar-refractivity contribution in [3.63, 3.8) is 0 Å². The van der Waals surface area contributed by atoms with Gasteiger partial charge in [-0.2, -0.15) is 0 Å². The molecule has 2 aromatic carbocycles. The predicted octanol–water partition coefficient (Wildman–Crippen LogP) is 3.69. The SMILES string of the molecule is O=C(Cl)CN1c2ccccc2CCc2ccccc21. The molecule has 3 heteroatoms. The van der Waals surface area contributed by atoms with Crippen LogP contribution in [0, 0.1) is 0 Å². The Balaban J connectivity index is 2.16. The molecule has 2 aromatic rings. The van der Waals surface area contributed by atoms with Gasteiger partial charge in [-0.3, -0.25) is 4.79 Å². The molecule has 1 aliphatic rings. The maximum absolute atomic E-state index is 11.4. The van der Waals surface area contributed by atoms with Crippen LogP contribution in [0.4, 0.5) is 11.4 Å². The first kappa shape index (κ1) is 12.2. The number of hydrogen-bond donors (Lipinski definition) is 0. The molecule has 2 nitrogen and oxygen atoms in total. The van der Waals surface area contributed by atoms with E-state index in [4.69, 9.17) is 11.6 Å². The minimum absolute atomic E-state index is 0.204. The number of aryl methyl sites for hydroxylation is 2. The van der Waals surface area contributed by atoms with Crippen LogP contribution in [0.3, 0.4) is 0 Å². The molecule has 3 rings (SSSR count). The van der Waals surface area contributed by atoms with E-state index < -0.39 is 0 Å². The molecule has 0 amide bonds. The summed E-state index contributed by atoms with van der Waals surface area (Å²) < 4.78 is 0. The van der Waals surface area contributed by atoms with Gasteiger partial charge in [-0.15, -0.1) is 0 Å². The van der Waals surface area contributed by atoms with Gasteiger partial charge in [0.2, 0.25) is 5.24 Å². The van der Waals surface area contributed by atoms with Crippen LogP contribution >= 0.6 is 11.6 Å². The lowest BCUT2D eigenvalue weighted by Crippen LogP contribution is -2.23. The fourth-order valence-electron chi connectivity index (χ4n) is 2.66. The molecule has 0 atom stereocenters. The molecular formula is C16H14ClNO. The zero-order chi connectivity index (χ0) is 13.2. The third kappa shape index (κ3) is 2.36. The lowest BCUT2D eigenvalue weighted by molar-refractivity contribution is -0.110. The van der Waals surface area contributed by atoms with Crippen LogP contribution < -0.4 is 4.90 Å². The Bertz CT molecular complexity index is 576. The van der Waals surface area contributed by atoms with Crippen molar-refractivity contribution in [3.8, 4) is 0 Å². The quantitative estimate of drug-likeness (QED) is 0.777. The Morgan fingerprint density at radius 2 is 1.42 bits per heavy atom. The molecule has 0 fully saturated rings. The topological polar surface area (TPSA) is 20.3 Å². The summed E-state index contributed by atoms with van der Waals surface area (Å²) in [5, 5.41) is -0.341. The average molecular weight is 272 g/mol. The summed E-state index contributed by atoms with van der Waals surface area (Å²) in [5.41, 5.74) is 4.69. The Morgan fingerprint density at radius 3 is 1.89 bits per heavy atom. The molecule has 1 aliphatic heterocycles. The molecule has 0 N–H and O–H groups in total. The maximum Gasteiger partial charge on any atom is 0.241 e. The fourth-order valence-corrected chi connectivity index (χ4v) is 2.78. The molecule has 1 heterocycles. The average Bonchev–Trinajstić information content (AvgIpc) is 2.57. The number of fused-ring (bicyclic) bond motifs is 2. The van der Waals surface area contributed by atoms with Crippen molar-refractivity contribution in [2.75, 3.05) is 11.4 Å². The van der Waals surface area contributed by atoms with Gasteiger partial charge >= 0.3 is 0 Å². The highest BCUT2D eigenvalue weighted by molar-refractivity contribution is 6.64. The van der Waals surface area contributed by atoms with E-state index in [0.29, 0.717) is 0 Å². The van der Waals surface area contributed by atoms with Crippen molar-refractivity contribution in [1.82, 2.24) is 0 Å². The van der Waals surface area contributed by atoms with E-state index in [0.717, 1.165) is 24.2 Å². The molecule has 0 saturated heterocycles. The first-order chi connectivity index (χ1) is 9.25. The second-order valence-corrected chi connectivity index (χ2v) is 5.12. The summed E-state index contributed by atoms with van der Waals surface area (Å²) >= 11 is 5.62. The predicted molar refractivity (Wildman–Crippen MR) is 78.2 cm³/mol. The highest BCUT2D eigenvalue weighted by atomic mass is 35.5. The molecule has 0 aromatic heterocycles. The molecule has 0 aliphatic carbocycles. The first-order valence-electron chi connectivity index (χ1n) is 6.37. The van der Waals surface area contributed by atoms with Crippen LogP contribution in [0.25, 0.3) is 0 Å². The van der Waals surface area contributed by atoms with Gasteiger partial charge in [0.1, 0.15) is 0 Å². The summed E-state index contributed by atoms with van der Waals surface area (Å²) in [6, 6.07) is 16.4. The zero-order valence-corrected chi connectivity index (χ0v) is 11.2. The maximum atomic E-state index is 11.4. The summed E-state index contributed by atoms with van der Waals surface area (Å²) in [7, 11) is 0. The van der Waals surface area contributed by atoms with Crippen LogP contribution in [0.5, 0.6) is 0 Å². The smallest absolute Gasteiger partial charge is 0.241 e. The molecule has 0 spiro atoms. The minimum Gasteiger partial charge on any atom is -0.332 e. The van der Waals surface area contributed by atoms with Gasteiger partial charge in [0.25, 0.3) is 0 Å². The van der Waals surface area contributed by atoms with E-state index >= 15 is 0 Å². The first-order valence-corrected chi connectivity index (χ1v) is 6.75. The highest BCUT2D eigenvalue weighted by Crippen LogP contribution is 2.35. The van der Waals surface area contributed by atoms with Gasteiger partial charge in [-0.05, 0) is 47.7 Å². The zero-order valence-electron chi connectivity index (χ0n) is 10.5. The number of hydrogen-bond acceptors (Lipinski definition) is 2. The highest BCUT2D eigenvalue weighted by Gasteiger charge is 2.21. The second-order valence-electron chi connectivity index (χ2n) is 4.70. The molecule has 0 saturated carbocycles. The Hall–Kier alpha value is -1.80. The van der Waals surface area contributed by atoms with Gasteiger partial charge in [-0.25, -0.2) is 0 Å². The number of nitrogens with zero attached hydrogens (tertiary/aromatic N) is 1. The normalized spacial score (nSPS) is 13.4. The van der Waals surface area contributed by atoms with Gasteiger partial charge in [-0.1, -0.05) is 36.4 Å². The van der Waals surface area contributed by atoms with Crippen LogP contribution in [0.15, 0.2) is 48.5 Å². The summed E-state index contributed by atoms with van der Waals surface area (Å²) in [6.07, 6.45) is 1.97. The van der Waals surface area contributed by atoms with E-state index in [9.17, 15) is 4.79 Å². The second kappa shape index (κ2) is 5.06. The van der Waals surface area contributed by atoms with Crippen molar-refractivity contribution in [2.45, 2.75) is 12.8 Å². The lowest BCUT2D eigenvalue weighted by atomic mass is 10.0. The lowest BCUT2D eigenvalue weighted by Gasteiger charge is -2.25. The largest absolute Gasteiger partial charge is 0.332 e. The number of para-hydroxylation sites is 2. The molecule has 0 unspecified atom stereocenters.